The normalized spacial score (nSPS) is 16.6. The van der Waals surface area contributed by atoms with Gasteiger partial charge in [0.2, 0.25) is 11.9 Å². The first-order chi connectivity index (χ1) is 12.2. The number of nitrogens with zero attached hydrogens (tertiary/aromatic N) is 3. The van der Waals surface area contributed by atoms with Crippen LogP contribution in [0.4, 0.5) is 5.95 Å². The van der Waals surface area contributed by atoms with Crippen LogP contribution in [0.3, 0.4) is 0 Å². The number of carbonyl (C=O) groups is 1. The monoisotopic (exact) mass is 383 g/mol. The molecule has 0 spiro atoms. The fraction of sp³-hybridized carbons (Fsp3) is 0.600. The summed E-state index contributed by atoms with van der Waals surface area (Å²) < 4.78 is 34.3. The standard InChI is InChI=1S/C15H21N5O5S/c1-9-11(8-16-25-9)12-17-14(20-19-12)18-13(21)15(2,3)26(22,23)10-4-6-24-7-5-10/h8,10H,4-7H2,1-3H3,(H2,17,18,19,20,21). The Labute approximate surface area is 150 Å². The van der Waals surface area contributed by atoms with Gasteiger partial charge in [-0.1, -0.05) is 5.16 Å². The molecule has 26 heavy (non-hydrogen) atoms. The Kier molecular flexibility index (Phi) is 4.84. The molecule has 0 saturated carbocycles. The second kappa shape index (κ2) is 6.80. The zero-order valence-electron chi connectivity index (χ0n) is 14.8. The fourth-order valence-corrected chi connectivity index (χ4v) is 4.70. The predicted molar refractivity (Wildman–Crippen MR) is 92.1 cm³/mol. The maximum Gasteiger partial charge on any atom is 0.249 e. The van der Waals surface area contributed by atoms with Gasteiger partial charge in [0.15, 0.2) is 15.7 Å². The van der Waals surface area contributed by atoms with E-state index in [4.69, 9.17) is 9.26 Å². The summed E-state index contributed by atoms with van der Waals surface area (Å²) in [7, 11) is -3.71. The molecule has 2 N–H and O–H groups in total. The molecule has 1 aliphatic heterocycles. The summed E-state index contributed by atoms with van der Waals surface area (Å²) in [6.45, 7) is 5.26. The number of nitrogens with one attached hydrogen (secondary N) is 2. The van der Waals surface area contributed by atoms with E-state index in [-0.39, 0.29) is 5.95 Å². The lowest BCUT2D eigenvalue weighted by Crippen LogP contribution is -2.50. The van der Waals surface area contributed by atoms with Crippen molar-refractivity contribution < 1.29 is 22.5 Å². The Bertz CT molecular complexity index is 895. The molecule has 142 valence electrons. The van der Waals surface area contributed by atoms with Crippen LogP contribution in [-0.4, -0.2) is 57.9 Å². The summed E-state index contributed by atoms with van der Waals surface area (Å²) in [5.74, 6) is 0.211. The van der Waals surface area contributed by atoms with Crippen molar-refractivity contribution in [2.24, 2.45) is 0 Å². The third kappa shape index (κ3) is 3.23. The summed E-state index contributed by atoms with van der Waals surface area (Å²) in [4.78, 5) is 16.8. The van der Waals surface area contributed by atoms with E-state index in [9.17, 15) is 13.2 Å². The third-order valence-electron chi connectivity index (χ3n) is 4.58. The Morgan fingerprint density at radius 1 is 1.35 bits per heavy atom. The molecule has 0 aliphatic carbocycles. The second-order valence-electron chi connectivity index (χ2n) is 6.62. The zero-order chi connectivity index (χ0) is 18.9. The molecule has 0 aromatic carbocycles. The van der Waals surface area contributed by atoms with Crippen molar-refractivity contribution in [1.29, 1.82) is 0 Å². The number of H-pyrrole nitrogens is 1. The minimum absolute atomic E-state index is 0.0131. The van der Waals surface area contributed by atoms with Gasteiger partial charge < -0.3 is 9.26 Å². The highest BCUT2D eigenvalue weighted by Crippen LogP contribution is 2.28. The maximum absolute atomic E-state index is 12.9. The van der Waals surface area contributed by atoms with Gasteiger partial charge >= 0.3 is 0 Å². The summed E-state index contributed by atoms with van der Waals surface area (Å²) in [5, 5.41) is 12.1. The zero-order valence-corrected chi connectivity index (χ0v) is 15.6. The van der Waals surface area contributed by atoms with Crippen LogP contribution in [0.5, 0.6) is 0 Å². The van der Waals surface area contributed by atoms with Crippen molar-refractivity contribution in [2.45, 2.75) is 43.6 Å². The number of aromatic nitrogens is 4. The topological polar surface area (TPSA) is 140 Å². The minimum Gasteiger partial charge on any atom is -0.381 e. The molecule has 2 aromatic rings. The lowest BCUT2D eigenvalue weighted by molar-refractivity contribution is -0.117. The molecule has 2 aromatic heterocycles. The fourth-order valence-electron chi connectivity index (χ4n) is 2.75. The molecular formula is C15H21N5O5S. The largest absolute Gasteiger partial charge is 0.381 e. The van der Waals surface area contributed by atoms with Crippen molar-refractivity contribution in [3.05, 3.63) is 12.0 Å². The number of anilines is 1. The molecule has 0 radical (unpaired) electrons. The van der Waals surface area contributed by atoms with Crippen molar-refractivity contribution >= 4 is 21.7 Å². The quantitative estimate of drug-likeness (QED) is 0.781. The van der Waals surface area contributed by atoms with Gasteiger partial charge in [-0.05, 0) is 33.6 Å². The predicted octanol–water partition coefficient (Wildman–Crippen LogP) is 1.08. The van der Waals surface area contributed by atoms with Crippen LogP contribution in [0.15, 0.2) is 10.7 Å². The van der Waals surface area contributed by atoms with Gasteiger partial charge in [0.1, 0.15) is 10.5 Å². The SMILES string of the molecule is Cc1oncc1-c1nc(NC(=O)C(C)(C)S(=O)(=O)C2CCOCC2)n[nH]1. The Hall–Kier alpha value is -2.27. The van der Waals surface area contributed by atoms with Gasteiger partial charge in [-0.3, -0.25) is 15.2 Å². The molecule has 0 unspecified atom stereocenters. The number of aromatic amines is 1. The number of hydrogen-bond acceptors (Lipinski definition) is 8. The van der Waals surface area contributed by atoms with E-state index in [2.05, 4.69) is 25.7 Å². The van der Waals surface area contributed by atoms with E-state index in [1.54, 1.807) is 6.92 Å². The number of amides is 1. The average molecular weight is 383 g/mol. The number of rotatable bonds is 5. The van der Waals surface area contributed by atoms with E-state index in [1.165, 1.54) is 20.0 Å². The molecule has 1 amide bonds. The number of ether oxygens (including phenoxy) is 1. The summed E-state index contributed by atoms with van der Waals surface area (Å²) in [6.07, 6.45) is 2.24. The molecule has 1 fully saturated rings. The van der Waals surface area contributed by atoms with Gasteiger partial charge in [-0.2, -0.15) is 4.98 Å². The summed E-state index contributed by atoms with van der Waals surface area (Å²) >= 11 is 0. The van der Waals surface area contributed by atoms with Crippen LogP contribution in [-0.2, 0) is 19.4 Å². The van der Waals surface area contributed by atoms with Crippen LogP contribution < -0.4 is 5.32 Å². The smallest absolute Gasteiger partial charge is 0.249 e. The van der Waals surface area contributed by atoms with Crippen molar-refractivity contribution in [3.63, 3.8) is 0 Å². The van der Waals surface area contributed by atoms with E-state index >= 15 is 0 Å². The summed E-state index contributed by atoms with van der Waals surface area (Å²) in [5.41, 5.74) is 0.604. The molecule has 10 nitrogen and oxygen atoms in total. The third-order valence-corrected chi connectivity index (χ3v) is 7.54. The number of carbonyl (C=O) groups excluding carboxylic acids is 1. The Balaban J connectivity index is 1.76. The molecular weight excluding hydrogens is 362 g/mol. The van der Waals surface area contributed by atoms with Gasteiger partial charge in [0, 0.05) is 13.2 Å². The van der Waals surface area contributed by atoms with E-state index in [0.29, 0.717) is 43.2 Å². The van der Waals surface area contributed by atoms with Crippen LogP contribution in [0, 0.1) is 6.92 Å². The molecule has 1 aliphatic rings. The molecule has 3 rings (SSSR count). The van der Waals surface area contributed by atoms with Crippen molar-refractivity contribution in [2.75, 3.05) is 18.5 Å². The Morgan fingerprint density at radius 2 is 2.04 bits per heavy atom. The number of hydrogen-bond donors (Lipinski definition) is 2. The van der Waals surface area contributed by atoms with E-state index < -0.39 is 25.7 Å². The molecule has 1 saturated heterocycles. The van der Waals surface area contributed by atoms with Crippen molar-refractivity contribution in [1.82, 2.24) is 20.3 Å². The highest BCUT2D eigenvalue weighted by atomic mass is 32.2. The highest BCUT2D eigenvalue weighted by molar-refractivity contribution is 7.94. The lowest BCUT2D eigenvalue weighted by Gasteiger charge is -2.30. The number of sulfone groups is 1. The molecule has 3 heterocycles. The van der Waals surface area contributed by atoms with Crippen LogP contribution in [0.25, 0.3) is 11.4 Å². The first-order valence-corrected chi connectivity index (χ1v) is 9.75. The van der Waals surface area contributed by atoms with Crippen LogP contribution >= 0.6 is 0 Å². The molecule has 0 atom stereocenters. The maximum atomic E-state index is 12.9. The van der Waals surface area contributed by atoms with Crippen LogP contribution in [0.1, 0.15) is 32.4 Å². The Morgan fingerprint density at radius 3 is 2.65 bits per heavy atom. The first-order valence-electron chi connectivity index (χ1n) is 8.20. The van der Waals surface area contributed by atoms with Gasteiger partial charge in [-0.25, -0.2) is 8.42 Å². The summed E-state index contributed by atoms with van der Waals surface area (Å²) in [6, 6.07) is 0. The van der Waals surface area contributed by atoms with Crippen LogP contribution in [0.2, 0.25) is 0 Å². The average Bonchev–Trinajstić information content (AvgIpc) is 3.24. The first kappa shape index (κ1) is 18.5. The lowest BCUT2D eigenvalue weighted by atomic mass is 10.2. The number of aryl methyl sites for hydroxylation is 1. The van der Waals surface area contributed by atoms with Gasteiger partial charge in [0.25, 0.3) is 0 Å². The molecule has 0 bridgehead atoms. The van der Waals surface area contributed by atoms with E-state index in [1.807, 2.05) is 0 Å². The second-order valence-corrected chi connectivity index (χ2v) is 9.40. The van der Waals surface area contributed by atoms with E-state index in [0.717, 1.165) is 0 Å². The van der Waals surface area contributed by atoms with Crippen molar-refractivity contribution in [3.8, 4) is 11.4 Å². The van der Waals surface area contributed by atoms with Gasteiger partial charge in [-0.15, -0.1) is 5.10 Å². The minimum atomic E-state index is -3.71. The highest BCUT2D eigenvalue weighted by Gasteiger charge is 2.46. The van der Waals surface area contributed by atoms with Gasteiger partial charge in [0.05, 0.1) is 17.0 Å². The molecule has 11 heteroatoms.